The SMILES string of the molecule is CC(=O)N(c1nc(COC(=O)c2cc([N+](=O)[O-])ccc2Cl)cs1)c1ccc(C)cc1C. The fourth-order valence-corrected chi connectivity index (χ4v) is 3.99. The van der Waals surface area contributed by atoms with Gasteiger partial charge in [-0.15, -0.1) is 11.3 Å². The number of hydrogen-bond donors (Lipinski definition) is 0. The van der Waals surface area contributed by atoms with Crippen molar-refractivity contribution in [1.82, 2.24) is 4.98 Å². The number of rotatable bonds is 6. The van der Waals surface area contributed by atoms with Crippen molar-refractivity contribution >= 4 is 51.3 Å². The Morgan fingerprint density at radius 1 is 1.23 bits per heavy atom. The molecule has 10 heteroatoms. The summed E-state index contributed by atoms with van der Waals surface area (Å²) in [6.07, 6.45) is 0. The van der Waals surface area contributed by atoms with Crippen molar-refractivity contribution in [1.29, 1.82) is 0 Å². The number of aromatic nitrogens is 1. The summed E-state index contributed by atoms with van der Waals surface area (Å²) in [5, 5.41) is 13.1. The van der Waals surface area contributed by atoms with E-state index in [1.165, 1.54) is 35.3 Å². The van der Waals surface area contributed by atoms with E-state index in [4.69, 9.17) is 16.3 Å². The summed E-state index contributed by atoms with van der Waals surface area (Å²) in [6.45, 7) is 5.16. The number of nitrogens with zero attached hydrogens (tertiary/aromatic N) is 3. The van der Waals surface area contributed by atoms with Crippen LogP contribution in [0.5, 0.6) is 0 Å². The van der Waals surface area contributed by atoms with Crippen LogP contribution in [0.1, 0.15) is 34.1 Å². The molecule has 2 aromatic carbocycles. The molecule has 1 aromatic heterocycles. The lowest BCUT2D eigenvalue weighted by Gasteiger charge is -2.20. The molecule has 0 bridgehead atoms. The van der Waals surface area contributed by atoms with Crippen molar-refractivity contribution in [3.8, 4) is 0 Å². The van der Waals surface area contributed by atoms with Gasteiger partial charge < -0.3 is 4.74 Å². The van der Waals surface area contributed by atoms with Crippen molar-refractivity contribution in [2.45, 2.75) is 27.4 Å². The molecule has 1 amide bonds. The maximum atomic E-state index is 12.3. The van der Waals surface area contributed by atoms with Crippen molar-refractivity contribution in [3.63, 3.8) is 0 Å². The van der Waals surface area contributed by atoms with Crippen LogP contribution in [0, 0.1) is 24.0 Å². The lowest BCUT2D eigenvalue weighted by atomic mass is 10.1. The van der Waals surface area contributed by atoms with Gasteiger partial charge in [0.2, 0.25) is 5.91 Å². The number of benzene rings is 2. The first-order valence-electron chi connectivity index (χ1n) is 9.10. The van der Waals surface area contributed by atoms with Crippen molar-refractivity contribution in [2.75, 3.05) is 4.90 Å². The molecule has 0 aliphatic heterocycles. The van der Waals surface area contributed by atoms with E-state index in [1.54, 1.807) is 5.38 Å². The minimum absolute atomic E-state index is 0.0483. The molecule has 8 nitrogen and oxygen atoms in total. The molecule has 0 fully saturated rings. The Kier molecular flexibility index (Phi) is 6.67. The smallest absolute Gasteiger partial charge is 0.340 e. The first-order chi connectivity index (χ1) is 14.7. The topological polar surface area (TPSA) is 103 Å². The molecule has 0 atom stereocenters. The minimum Gasteiger partial charge on any atom is -0.456 e. The number of amides is 1. The third kappa shape index (κ3) is 5.07. The molecule has 0 unspecified atom stereocenters. The quantitative estimate of drug-likeness (QED) is 0.279. The Morgan fingerprint density at radius 3 is 2.61 bits per heavy atom. The Hall–Kier alpha value is -3.30. The normalized spacial score (nSPS) is 10.6. The highest BCUT2D eigenvalue weighted by atomic mass is 35.5. The standard InChI is InChI=1S/C21H18ClN3O5S/c1-12-4-7-19(13(2)8-12)24(14(3)26)21-23-15(11-31-21)10-30-20(27)17-9-16(25(28)29)5-6-18(17)22/h4-9,11H,10H2,1-3H3. The van der Waals surface area contributed by atoms with Gasteiger partial charge in [0.25, 0.3) is 5.69 Å². The summed E-state index contributed by atoms with van der Waals surface area (Å²) in [5.41, 5.74) is 2.80. The number of hydrogen-bond acceptors (Lipinski definition) is 7. The van der Waals surface area contributed by atoms with Crippen LogP contribution in [-0.2, 0) is 16.1 Å². The zero-order valence-corrected chi connectivity index (χ0v) is 18.5. The number of carbonyl (C=O) groups excluding carboxylic acids is 2. The molecule has 0 N–H and O–H groups in total. The summed E-state index contributed by atoms with van der Waals surface area (Å²) >= 11 is 7.21. The molecule has 160 valence electrons. The number of esters is 1. The number of ether oxygens (including phenoxy) is 1. The second-order valence-electron chi connectivity index (χ2n) is 6.76. The van der Waals surface area contributed by atoms with Crippen LogP contribution in [0.2, 0.25) is 5.02 Å². The monoisotopic (exact) mass is 459 g/mol. The van der Waals surface area contributed by atoms with E-state index in [0.29, 0.717) is 10.8 Å². The molecule has 0 radical (unpaired) electrons. The van der Waals surface area contributed by atoms with E-state index < -0.39 is 10.9 Å². The molecule has 0 saturated carbocycles. The number of non-ortho nitro benzene ring substituents is 1. The summed E-state index contributed by atoms with van der Waals surface area (Å²) in [6, 6.07) is 9.29. The molecular weight excluding hydrogens is 442 g/mol. The molecule has 1 heterocycles. The van der Waals surface area contributed by atoms with Gasteiger partial charge in [-0.3, -0.25) is 19.8 Å². The summed E-state index contributed by atoms with van der Waals surface area (Å²) in [7, 11) is 0. The lowest BCUT2D eigenvalue weighted by molar-refractivity contribution is -0.384. The number of halogens is 1. The molecule has 3 aromatic rings. The van der Waals surface area contributed by atoms with Gasteiger partial charge in [0.15, 0.2) is 5.13 Å². The summed E-state index contributed by atoms with van der Waals surface area (Å²) in [5.74, 6) is -1.01. The number of nitro benzene ring substituents is 1. The maximum absolute atomic E-state index is 12.3. The third-order valence-corrected chi connectivity index (χ3v) is 5.58. The van der Waals surface area contributed by atoms with Crippen LogP contribution in [0.15, 0.2) is 41.8 Å². The Morgan fingerprint density at radius 2 is 1.97 bits per heavy atom. The first-order valence-corrected chi connectivity index (χ1v) is 10.4. The zero-order valence-electron chi connectivity index (χ0n) is 16.9. The van der Waals surface area contributed by atoms with Gasteiger partial charge in [-0.05, 0) is 31.5 Å². The van der Waals surface area contributed by atoms with E-state index in [2.05, 4.69) is 4.98 Å². The Labute approximate surface area is 187 Å². The third-order valence-electron chi connectivity index (χ3n) is 4.37. The second kappa shape index (κ2) is 9.23. The molecule has 0 aliphatic rings. The molecular formula is C21H18ClN3O5S. The number of aryl methyl sites for hydroxylation is 2. The Balaban J connectivity index is 1.78. The number of nitro groups is 1. The van der Waals surface area contributed by atoms with Crippen molar-refractivity contribution in [2.24, 2.45) is 0 Å². The van der Waals surface area contributed by atoms with E-state index in [1.807, 2.05) is 32.0 Å². The van der Waals surface area contributed by atoms with Gasteiger partial charge in [-0.1, -0.05) is 29.3 Å². The fraction of sp³-hybridized carbons (Fsp3) is 0.190. The van der Waals surface area contributed by atoms with E-state index in [9.17, 15) is 19.7 Å². The van der Waals surface area contributed by atoms with Crippen molar-refractivity contribution < 1.29 is 19.2 Å². The zero-order chi connectivity index (χ0) is 22.7. The predicted molar refractivity (Wildman–Crippen MR) is 118 cm³/mol. The fourth-order valence-electron chi connectivity index (χ4n) is 2.93. The highest BCUT2D eigenvalue weighted by Crippen LogP contribution is 2.32. The minimum atomic E-state index is -0.805. The lowest BCUT2D eigenvalue weighted by Crippen LogP contribution is -2.23. The summed E-state index contributed by atoms with van der Waals surface area (Å²) in [4.78, 5) is 40.9. The average molecular weight is 460 g/mol. The van der Waals surface area contributed by atoms with Gasteiger partial charge in [0, 0.05) is 24.4 Å². The number of carbonyl (C=O) groups is 2. The Bertz CT molecular complexity index is 1180. The van der Waals surface area contributed by atoms with Crippen LogP contribution < -0.4 is 4.90 Å². The highest BCUT2D eigenvalue weighted by Gasteiger charge is 2.21. The molecule has 0 aliphatic carbocycles. The maximum Gasteiger partial charge on any atom is 0.340 e. The molecule has 0 saturated heterocycles. The first kappa shape index (κ1) is 22.4. The van der Waals surface area contributed by atoms with Gasteiger partial charge in [0.05, 0.1) is 26.9 Å². The van der Waals surface area contributed by atoms with Crippen LogP contribution in [0.3, 0.4) is 0 Å². The molecule has 0 spiro atoms. The van der Waals surface area contributed by atoms with E-state index in [0.717, 1.165) is 22.9 Å². The van der Waals surface area contributed by atoms with Gasteiger partial charge in [0.1, 0.15) is 6.61 Å². The largest absolute Gasteiger partial charge is 0.456 e. The molecule has 31 heavy (non-hydrogen) atoms. The second-order valence-corrected chi connectivity index (χ2v) is 8.01. The average Bonchev–Trinajstić information content (AvgIpc) is 3.16. The predicted octanol–water partition coefficient (Wildman–Crippen LogP) is 5.36. The van der Waals surface area contributed by atoms with Crippen LogP contribution >= 0.6 is 22.9 Å². The van der Waals surface area contributed by atoms with Crippen LogP contribution in [0.25, 0.3) is 0 Å². The van der Waals surface area contributed by atoms with Gasteiger partial charge in [-0.25, -0.2) is 9.78 Å². The van der Waals surface area contributed by atoms with Gasteiger partial charge in [-0.2, -0.15) is 0 Å². The van der Waals surface area contributed by atoms with Crippen LogP contribution in [-0.4, -0.2) is 21.8 Å². The number of thiazole rings is 1. The van der Waals surface area contributed by atoms with E-state index >= 15 is 0 Å². The van der Waals surface area contributed by atoms with E-state index in [-0.39, 0.29) is 28.8 Å². The van der Waals surface area contributed by atoms with Crippen molar-refractivity contribution in [3.05, 3.63) is 79.3 Å². The molecule has 3 rings (SSSR count). The highest BCUT2D eigenvalue weighted by molar-refractivity contribution is 7.14. The van der Waals surface area contributed by atoms with Crippen LogP contribution in [0.4, 0.5) is 16.5 Å². The number of anilines is 2. The van der Waals surface area contributed by atoms with Gasteiger partial charge >= 0.3 is 5.97 Å². The summed E-state index contributed by atoms with van der Waals surface area (Å²) < 4.78 is 5.22.